The molecule has 59 heavy (non-hydrogen) atoms. The molecule has 2 aromatic carbocycles. The number of phenols is 2. The van der Waals surface area contributed by atoms with Gasteiger partial charge in [-0.1, -0.05) is 11.6 Å². The number of aromatic hydroxyl groups is 2. The van der Waals surface area contributed by atoms with Crippen molar-refractivity contribution in [3.05, 3.63) is 57.8 Å². The third-order valence-corrected chi connectivity index (χ3v) is 10.1. The van der Waals surface area contributed by atoms with E-state index < -0.39 is 128 Å². The largest absolute Gasteiger partial charge is 0.508 e. The van der Waals surface area contributed by atoms with E-state index in [4.69, 9.17) is 37.6 Å². The lowest BCUT2D eigenvalue weighted by Crippen LogP contribution is -2.63. The molecule has 1 aromatic heterocycles. The van der Waals surface area contributed by atoms with Crippen LogP contribution >= 0.6 is 0 Å². The van der Waals surface area contributed by atoms with Crippen LogP contribution in [0.2, 0.25) is 0 Å². The van der Waals surface area contributed by atoms with Crippen molar-refractivity contribution in [1.82, 2.24) is 0 Å². The molecule has 324 valence electrons. The molecule has 10 N–H and O–H groups in total. The molecule has 0 amide bonds. The van der Waals surface area contributed by atoms with Crippen molar-refractivity contribution in [3.63, 3.8) is 0 Å². The van der Waals surface area contributed by atoms with E-state index in [2.05, 4.69) is 0 Å². The first-order valence-electron chi connectivity index (χ1n) is 18.7. The number of ether oxygens (including phenoxy) is 7. The van der Waals surface area contributed by atoms with Crippen molar-refractivity contribution in [2.24, 2.45) is 0 Å². The monoisotopic (exact) mass is 836 g/mol. The minimum absolute atomic E-state index is 0.0106. The molecule has 20 nitrogen and oxygen atoms in total. The summed E-state index contributed by atoms with van der Waals surface area (Å²) in [6, 6.07) is 6.35. The molecule has 0 saturated carbocycles. The molecule has 6 rings (SSSR count). The third-order valence-electron chi connectivity index (χ3n) is 10.1. The number of benzene rings is 2. The highest BCUT2D eigenvalue weighted by Gasteiger charge is 2.51. The number of allylic oxidation sites excluding steroid dienone is 2. The van der Waals surface area contributed by atoms with E-state index in [-0.39, 0.29) is 40.4 Å². The molecule has 4 heterocycles. The van der Waals surface area contributed by atoms with E-state index in [1.807, 2.05) is 0 Å². The highest BCUT2D eigenvalue weighted by atomic mass is 16.7. The first-order chi connectivity index (χ1) is 27.9. The number of aliphatic hydroxyl groups excluding tert-OH is 8. The summed E-state index contributed by atoms with van der Waals surface area (Å²) in [6.45, 7) is 4.90. The fourth-order valence-electron chi connectivity index (χ4n) is 6.93. The lowest BCUT2D eigenvalue weighted by Gasteiger charge is -2.45. The number of phenolic OH excluding ortho intramolecular Hbond substituents is 2. The summed E-state index contributed by atoms with van der Waals surface area (Å²) in [7, 11) is 0. The Hall–Kier alpha value is -4.42. The van der Waals surface area contributed by atoms with E-state index in [0.29, 0.717) is 0 Å². The van der Waals surface area contributed by atoms with E-state index in [1.165, 1.54) is 31.2 Å². The van der Waals surface area contributed by atoms with Crippen LogP contribution in [0.25, 0.3) is 22.3 Å². The predicted octanol–water partition coefficient (Wildman–Crippen LogP) is -1.20. The van der Waals surface area contributed by atoms with Crippen LogP contribution in [0.5, 0.6) is 23.0 Å². The van der Waals surface area contributed by atoms with Crippen molar-refractivity contribution in [2.45, 2.75) is 120 Å². The van der Waals surface area contributed by atoms with Crippen LogP contribution in [0.3, 0.4) is 0 Å². The van der Waals surface area contributed by atoms with Gasteiger partial charge in [0.15, 0.2) is 18.2 Å². The maximum atomic E-state index is 14.6. The summed E-state index contributed by atoms with van der Waals surface area (Å²) >= 11 is 0. The highest BCUT2D eigenvalue weighted by molar-refractivity contribution is 5.91. The predicted molar refractivity (Wildman–Crippen MR) is 198 cm³/mol. The summed E-state index contributed by atoms with van der Waals surface area (Å²) in [4.78, 5) is 26.8. The molecule has 3 aliphatic rings. The topological polar surface area (TPSA) is 314 Å². The summed E-state index contributed by atoms with van der Waals surface area (Å²) in [6.07, 6.45) is -21.1. The molecule has 3 fully saturated rings. The summed E-state index contributed by atoms with van der Waals surface area (Å²) in [5, 5.41) is 105. The van der Waals surface area contributed by atoms with Crippen LogP contribution in [-0.4, -0.2) is 156 Å². The summed E-state index contributed by atoms with van der Waals surface area (Å²) < 4.78 is 46.5. The van der Waals surface area contributed by atoms with Crippen LogP contribution in [0.4, 0.5) is 0 Å². The summed E-state index contributed by atoms with van der Waals surface area (Å²) in [5.41, 5.74) is -0.181. The van der Waals surface area contributed by atoms with E-state index >= 15 is 0 Å². The zero-order valence-electron chi connectivity index (χ0n) is 32.2. The van der Waals surface area contributed by atoms with Crippen molar-refractivity contribution in [1.29, 1.82) is 0 Å². The molecule has 0 radical (unpaired) electrons. The van der Waals surface area contributed by atoms with Crippen molar-refractivity contribution in [3.8, 4) is 34.3 Å². The Morgan fingerprint density at radius 3 is 2.14 bits per heavy atom. The minimum Gasteiger partial charge on any atom is -0.508 e. The van der Waals surface area contributed by atoms with Gasteiger partial charge in [0.2, 0.25) is 23.8 Å². The van der Waals surface area contributed by atoms with Gasteiger partial charge in [0.25, 0.3) is 0 Å². The van der Waals surface area contributed by atoms with Gasteiger partial charge in [-0.25, -0.2) is 0 Å². The van der Waals surface area contributed by atoms with E-state index in [0.717, 1.165) is 18.6 Å². The van der Waals surface area contributed by atoms with Crippen molar-refractivity contribution < 1.29 is 93.4 Å². The van der Waals surface area contributed by atoms with Crippen molar-refractivity contribution in [2.75, 3.05) is 13.2 Å². The molecule has 0 bridgehead atoms. The van der Waals surface area contributed by atoms with Crippen LogP contribution in [0.1, 0.15) is 33.3 Å². The van der Waals surface area contributed by atoms with Crippen LogP contribution in [0, 0.1) is 0 Å². The molecule has 0 aliphatic carbocycles. The maximum Gasteiger partial charge on any atom is 0.303 e. The van der Waals surface area contributed by atoms with Gasteiger partial charge in [0.1, 0.15) is 83.2 Å². The Bertz CT molecular complexity index is 2040. The number of carbonyl (C=O) groups is 1. The first-order valence-corrected chi connectivity index (χ1v) is 18.7. The van der Waals surface area contributed by atoms with Gasteiger partial charge in [-0.2, -0.15) is 0 Å². The Morgan fingerprint density at radius 2 is 1.49 bits per heavy atom. The number of rotatable bonds is 11. The molecule has 0 unspecified atom stereocenters. The SMILES string of the molecule is CC(=O)O[C@@H]1[C@@H](O[C@@H]2OC[C@@H](O)[C@H](O)[C@H]2O)[C@@H](O)[C@H](Oc2c(-c3ccc(O)cc3)oc3c(CC=C(C)C)c(O[C@@H]4O[C@H](CO)[C@@H](O)[C@H](O)[C@H]4O)cc(O)c3c2=O)O[C@H]1C. The van der Waals surface area contributed by atoms with Crippen LogP contribution in [-0.2, 0) is 34.9 Å². The van der Waals surface area contributed by atoms with E-state index in [9.17, 15) is 60.7 Å². The normalized spacial score (nSPS) is 33.6. The molecule has 3 aliphatic heterocycles. The van der Waals surface area contributed by atoms with Gasteiger partial charge in [0, 0.05) is 24.1 Å². The fraction of sp³-hybridized carbons (Fsp3) is 0.538. The second kappa shape index (κ2) is 18.1. The van der Waals surface area contributed by atoms with Gasteiger partial charge in [0.05, 0.1) is 19.3 Å². The maximum absolute atomic E-state index is 14.6. The van der Waals surface area contributed by atoms with Gasteiger partial charge in [-0.15, -0.1) is 0 Å². The Kier molecular flexibility index (Phi) is 13.5. The molecule has 20 heteroatoms. The smallest absolute Gasteiger partial charge is 0.303 e. The zero-order chi connectivity index (χ0) is 43.0. The minimum atomic E-state index is -1.94. The first kappa shape index (κ1) is 44.1. The van der Waals surface area contributed by atoms with Crippen LogP contribution in [0.15, 0.2) is 51.2 Å². The van der Waals surface area contributed by atoms with Gasteiger partial charge < -0.3 is 88.6 Å². The number of carbonyl (C=O) groups excluding carboxylic acids is 1. The van der Waals surface area contributed by atoms with E-state index in [1.54, 1.807) is 19.9 Å². The molecule has 14 atom stereocenters. The van der Waals surface area contributed by atoms with Gasteiger partial charge in [-0.3, -0.25) is 9.59 Å². The number of hydrogen-bond acceptors (Lipinski definition) is 20. The number of hydrogen-bond donors (Lipinski definition) is 10. The molecular formula is C39H48O20. The second-order valence-corrected chi connectivity index (χ2v) is 14.8. The Morgan fingerprint density at radius 1 is 0.831 bits per heavy atom. The number of fused-ring (bicyclic) bond motifs is 1. The number of esters is 1. The Labute approximate surface area is 335 Å². The van der Waals surface area contributed by atoms with Crippen molar-refractivity contribution >= 4 is 16.9 Å². The lowest BCUT2D eigenvalue weighted by atomic mass is 9.98. The van der Waals surface area contributed by atoms with Gasteiger partial charge in [-0.05, 0) is 51.5 Å². The molecule has 3 saturated heterocycles. The highest BCUT2D eigenvalue weighted by Crippen LogP contribution is 2.42. The quantitative estimate of drug-likeness (QED) is 0.0801. The average molecular weight is 837 g/mol. The second-order valence-electron chi connectivity index (χ2n) is 14.8. The third kappa shape index (κ3) is 9.04. The number of aliphatic hydroxyl groups is 8. The zero-order valence-corrected chi connectivity index (χ0v) is 32.2. The fourth-order valence-corrected chi connectivity index (χ4v) is 6.93. The molecular weight excluding hydrogens is 788 g/mol. The lowest BCUT2D eigenvalue weighted by molar-refractivity contribution is -0.336. The molecule has 0 spiro atoms. The van der Waals surface area contributed by atoms with Gasteiger partial charge >= 0.3 is 5.97 Å². The summed E-state index contributed by atoms with van der Waals surface area (Å²) in [5.74, 6) is -2.80. The van der Waals surface area contributed by atoms with Crippen LogP contribution < -0.4 is 14.9 Å². The Balaban J connectivity index is 1.47. The standard InChI is InChI=1S/C39H48O20/c1-14(2)5-10-19-22(55-38-30(50)28(48)26(46)23(12-40)56-38)11-20(43)24-27(47)35(33(57-34(19)24)17-6-8-18(42)9-7-17)59-39-31(51)36(32(15(3)53-39)54-16(4)41)58-37-29(49)25(45)21(44)13-52-37/h5-9,11,15,21,23,25-26,28-32,36-40,42-46,48-51H,10,12-13H2,1-4H3/t15-,21+,23+,25-,26+,28-,29+,30+,31+,32-,36-,37-,38+,39-/m0/s1. The average Bonchev–Trinajstić information content (AvgIpc) is 3.18. The molecule has 3 aromatic rings.